The molecule has 7 N–H and O–H groups in total. The number of hydrogen-bond acceptors (Lipinski definition) is 13. The second-order valence-corrected chi connectivity index (χ2v) is 12.4. The zero-order valence-electron chi connectivity index (χ0n) is 22.5. The molecule has 1 fully saturated rings. The lowest BCUT2D eigenvalue weighted by atomic mass is 9.97. The Kier molecular flexibility index (Phi) is 14.4. The molecule has 0 aliphatic carbocycles. The molecular weight excluding hydrogens is 649 g/mol. The van der Waals surface area contributed by atoms with Gasteiger partial charge in [0.25, 0.3) is 0 Å². The third kappa shape index (κ3) is 10.9. The number of aliphatic hydroxyl groups is 4. The molecule has 0 aromatic heterocycles. The van der Waals surface area contributed by atoms with Crippen molar-refractivity contribution >= 4 is 74.3 Å². The topological polar surface area (TPSA) is 196 Å². The minimum Gasteiger partial charge on any atom is -0.449 e. The van der Waals surface area contributed by atoms with Crippen LogP contribution in [0.3, 0.4) is 0 Å². The molecule has 5 unspecified atom stereocenters. The molecule has 0 bridgehead atoms. The predicted molar refractivity (Wildman–Crippen MR) is 163 cm³/mol. The molecule has 1 aliphatic rings. The van der Waals surface area contributed by atoms with Crippen molar-refractivity contribution in [3.63, 3.8) is 0 Å². The number of carbonyl (C=O) groups excluding carboxylic acids is 3. The highest BCUT2D eigenvalue weighted by Gasteiger charge is 2.44. The van der Waals surface area contributed by atoms with Gasteiger partial charge in [-0.15, -0.1) is 0 Å². The van der Waals surface area contributed by atoms with Crippen LogP contribution < -0.4 is 16.0 Å². The summed E-state index contributed by atoms with van der Waals surface area (Å²) in [6.07, 6.45) is -7.84. The second kappa shape index (κ2) is 17.7. The van der Waals surface area contributed by atoms with Crippen LogP contribution >= 0.6 is 44.8 Å². The highest BCUT2D eigenvalue weighted by atomic mass is 35.5. The molecule has 5 atom stereocenters. The second-order valence-electron chi connectivity index (χ2n) is 8.92. The zero-order chi connectivity index (χ0) is 31.4. The Bertz CT molecular complexity index is 1230. The lowest BCUT2D eigenvalue weighted by Crippen LogP contribution is -2.64. The summed E-state index contributed by atoms with van der Waals surface area (Å²) in [6, 6.07) is 10.8. The van der Waals surface area contributed by atoms with Crippen molar-refractivity contribution in [1.82, 2.24) is 10.6 Å². The van der Waals surface area contributed by atoms with E-state index in [1.165, 1.54) is 21.6 Å². The third-order valence-corrected chi connectivity index (χ3v) is 8.86. The fourth-order valence-electron chi connectivity index (χ4n) is 3.80. The van der Waals surface area contributed by atoms with E-state index in [2.05, 4.69) is 16.0 Å². The lowest BCUT2D eigenvalue weighted by molar-refractivity contribution is -0.253. The van der Waals surface area contributed by atoms with Crippen molar-refractivity contribution in [2.75, 3.05) is 36.6 Å². The van der Waals surface area contributed by atoms with Gasteiger partial charge in [-0.3, -0.25) is 10.1 Å². The van der Waals surface area contributed by atoms with E-state index in [1.807, 2.05) is 0 Å². The number of rotatable bonds is 13. The Hall–Kier alpha value is -2.47. The maximum atomic E-state index is 12.4. The van der Waals surface area contributed by atoms with Crippen LogP contribution in [0.15, 0.2) is 42.5 Å². The van der Waals surface area contributed by atoms with E-state index >= 15 is 0 Å². The number of amides is 3. The monoisotopic (exact) mass is 679 g/mol. The van der Waals surface area contributed by atoms with Gasteiger partial charge < -0.3 is 45.3 Å². The Morgan fingerprint density at radius 3 is 2.16 bits per heavy atom. The number of carbonyl (C=O) groups is 3. The molecule has 3 rings (SSSR count). The van der Waals surface area contributed by atoms with Gasteiger partial charge in [0.1, 0.15) is 37.6 Å². The quantitative estimate of drug-likeness (QED) is 0.121. The van der Waals surface area contributed by atoms with Crippen molar-refractivity contribution in [2.45, 2.75) is 37.1 Å². The standard InChI is InChI=1S/C26H31Cl2N3O10S2/c27-15-5-3-6-16(28)20(15)29-17-7-2-1-4-14(17)12-19(33)30-25(37)39-8-10-42-43-11-9-40-26(38)31-21-23(35)22(34)18(13-32)41-24(21)36/h1-7,18,21-24,29,32,34-36H,8-13H2,(H,31,38)(H,30,33,37). The van der Waals surface area contributed by atoms with Crippen molar-refractivity contribution in [1.29, 1.82) is 0 Å². The van der Waals surface area contributed by atoms with Gasteiger partial charge in [-0.2, -0.15) is 0 Å². The summed E-state index contributed by atoms with van der Waals surface area (Å²) < 4.78 is 15.0. The van der Waals surface area contributed by atoms with Gasteiger partial charge in [0.15, 0.2) is 6.29 Å². The molecule has 2 aromatic carbocycles. The van der Waals surface area contributed by atoms with E-state index in [4.69, 9.17) is 42.5 Å². The van der Waals surface area contributed by atoms with Gasteiger partial charge in [-0.05, 0) is 23.8 Å². The summed E-state index contributed by atoms with van der Waals surface area (Å²) in [7, 11) is 2.68. The first kappa shape index (κ1) is 35.0. The minimum absolute atomic E-state index is 0.0139. The summed E-state index contributed by atoms with van der Waals surface area (Å²) >= 11 is 12.4. The molecule has 1 saturated heterocycles. The minimum atomic E-state index is -1.65. The number of ether oxygens (including phenoxy) is 3. The number of imide groups is 1. The van der Waals surface area contributed by atoms with E-state index in [-0.39, 0.29) is 19.6 Å². The fraction of sp³-hybridized carbons (Fsp3) is 0.423. The van der Waals surface area contributed by atoms with Crippen LogP contribution in [-0.2, 0) is 25.4 Å². The highest BCUT2D eigenvalue weighted by Crippen LogP contribution is 2.33. The van der Waals surface area contributed by atoms with Crippen LogP contribution in [0.2, 0.25) is 10.0 Å². The number of alkyl carbamates (subject to hydrolysis) is 2. The third-order valence-electron chi connectivity index (χ3n) is 5.90. The average molecular weight is 681 g/mol. The molecule has 43 heavy (non-hydrogen) atoms. The van der Waals surface area contributed by atoms with Gasteiger partial charge in [0, 0.05) is 17.2 Å². The van der Waals surface area contributed by atoms with Crippen LogP contribution in [0.4, 0.5) is 21.0 Å². The number of anilines is 2. The number of benzene rings is 2. The van der Waals surface area contributed by atoms with Crippen LogP contribution in [0.25, 0.3) is 0 Å². The van der Waals surface area contributed by atoms with Gasteiger partial charge >= 0.3 is 12.2 Å². The molecule has 17 heteroatoms. The summed E-state index contributed by atoms with van der Waals surface area (Å²) in [5.41, 5.74) is 1.71. The largest absolute Gasteiger partial charge is 0.449 e. The van der Waals surface area contributed by atoms with Crippen molar-refractivity contribution in [2.24, 2.45) is 0 Å². The van der Waals surface area contributed by atoms with Crippen molar-refractivity contribution in [3.05, 3.63) is 58.1 Å². The Morgan fingerprint density at radius 1 is 0.884 bits per heavy atom. The Balaban J connectivity index is 1.28. The number of hydrogen-bond donors (Lipinski definition) is 7. The first-order valence-corrected chi connectivity index (χ1v) is 16.1. The van der Waals surface area contributed by atoms with Crippen LogP contribution in [0, 0.1) is 0 Å². The number of para-hydroxylation sites is 2. The maximum absolute atomic E-state index is 12.4. The predicted octanol–water partition coefficient (Wildman–Crippen LogP) is 2.44. The smallest absolute Gasteiger partial charge is 0.413 e. The summed E-state index contributed by atoms with van der Waals surface area (Å²) in [6.45, 7) is -0.611. The first-order chi connectivity index (χ1) is 20.6. The number of halogens is 2. The SMILES string of the molecule is O=C(Cc1ccccc1Nc1c(Cl)cccc1Cl)NC(=O)OCCSSCCOC(=O)NC1C(O)OC(CO)C(O)C1O. The number of aliphatic hydroxyl groups excluding tert-OH is 4. The van der Waals surface area contributed by atoms with E-state index in [0.717, 1.165) is 0 Å². The van der Waals surface area contributed by atoms with Crippen molar-refractivity contribution < 1.29 is 49.0 Å². The molecule has 2 aromatic rings. The fourth-order valence-corrected chi connectivity index (χ4v) is 5.95. The van der Waals surface area contributed by atoms with Crippen LogP contribution in [0.1, 0.15) is 5.56 Å². The van der Waals surface area contributed by atoms with E-state index in [1.54, 1.807) is 42.5 Å². The Morgan fingerprint density at radius 2 is 1.51 bits per heavy atom. The maximum Gasteiger partial charge on any atom is 0.413 e. The van der Waals surface area contributed by atoms with Gasteiger partial charge in [0.05, 0.1) is 28.8 Å². The van der Waals surface area contributed by atoms with E-state index in [0.29, 0.717) is 38.5 Å². The molecule has 13 nitrogen and oxygen atoms in total. The molecule has 236 valence electrons. The zero-order valence-corrected chi connectivity index (χ0v) is 25.6. The van der Waals surface area contributed by atoms with Crippen LogP contribution in [0.5, 0.6) is 0 Å². The highest BCUT2D eigenvalue weighted by molar-refractivity contribution is 8.76. The van der Waals surface area contributed by atoms with Gasteiger partial charge in [0.2, 0.25) is 5.91 Å². The molecule has 3 amide bonds. The summed E-state index contributed by atoms with van der Waals surface area (Å²) in [5, 5.41) is 47.2. The molecule has 0 spiro atoms. The number of nitrogens with one attached hydrogen (secondary N) is 3. The average Bonchev–Trinajstić information content (AvgIpc) is 2.97. The molecule has 1 aliphatic heterocycles. The van der Waals surface area contributed by atoms with Crippen molar-refractivity contribution in [3.8, 4) is 0 Å². The molecule has 0 saturated carbocycles. The lowest BCUT2D eigenvalue weighted by Gasteiger charge is -2.39. The molecule has 1 heterocycles. The van der Waals surface area contributed by atoms with Gasteiger partial charge in [-0.25, -0.2) is 9.59 Å². The first-order valence-electron chi connectivity index (χ1n) is 12.8. The molecule has 0 radical (unpaired) electrons. The Labute approximate surface area is 264 Å². The summed E-state index contributed by atoms with van der Waals surface area (Å²) in [4.78, 5) is 36.4. The summed E-state index contributed by atoms with van der Waals surface area (Å²) in [5.74, 6) is 0.201. The molecular formula is C26H31Cl2N3O10S2. The van der Waals surface area contributed by atoms with E-state index in [9.17, 15) is 29.7 Å². The van der Waals surface area contributed by atoms with Crippen LogP contribution in [-0.4, -0.2) is 100 Å². The van der Waals surface area contributed by atoms with E-state index < -0.39 is 55.3 Å². The normalized spacial score (nSPS) is 21.5. The van der Waals surface area contributed by atoms with Gasteiger partial charge in [-0.1, -0.05) is 69.1 Å².